The summed E-state index contributed by atoms with van der Waals surface area (Å²) in [5, 5.41) is 8.48. The highest BCUT2D eigenvalue weighted by Crippen LogP contribution is 2.37. The Balaban J connectivity index is 0.000000242. The van der Waals surface area contributed by atoms with Crippen LogP contribution in [0.3, 0.4) is 0 Å². The van der Waals surface area contributed by atoms with Crippen LogP contribution in [0.4, 0.5) is 35.9 Å². The van der Waals surface area contributed by atoms with E-state index in [4.69, 9.17) is 10.9 Å². The lowest BCUT2D eigenvalue weighted by molar-refractivity contribution is -0.138. The van der Waals surface area contributed by atoms with Gasteiger partial charge in [-0.1, -0.05) is 115 Å². The van der Waals surface area contributed by atoms with Gasteiger partial charge in [-0.3, -0.25) is 19.4 Å². The predicted molar refractivity (Wildman–Crippen MR) is 356 cm³/mol. The number of nitrogen functional groups attached to an aromatic ring is 1. The van der Waals surface area contributed by atoms with Gasteiger partial charge in [-0.2, -0.15) is 16.9 Å². The third-order valence-electron chi connectivity index (χ3n) is 12.6. The molecule has 1 amide bonds. The minimum absolute atomic E-state index is 0.0188. The Bertz CT molecular complexity index is 4510. The molecule has 8 aromatic carbocycles. The van der Waals surface area contributed by atoms with Gasteiger partial charge in [0.05, 0.1) is 63.5 Å². The second kappa shape index (κ2) is 34.3. The van der Waals surface area contributed by atoms with Crippen LogP contribution in [0.2, 0.25) is 0 Å². The fraction of sp³-hybridized carbons (Fsp3) is 0.104. The highest BCUT2D eigenvalue weighted by atomic mass is 32.3. The van der Waals surface area contributed by atoms with Crippen molar-refractivity contribution in [1.29, 1.82) is 0 Å². The third-order valence-corrected chi connectivity index (χ3v) is 19.5. The van der Waals surface area contributed by atoms with E-state index in [-0.39, 0.29) is 25.0 Å². The van der Waals surface area contributed by atoms with Crippen molar-refractivity contribution < 1.29 is 85.4 Å². The van der Waals surface area contributed by atoms with E-state index >= 15 is 0 Å². The molecule has 0 aliphatic heterocycles. The number of ether oxygens (including phenoxy) is 3. The van der Waals surface area contributed by atoms with Gasteiger partial charge < -0.3 is 19.9 Å². The number of esters is 3. The number of rotatable bonds is 19. The van der Waals surface area contributed by atoms with Gasteiger partial charge in [0, 0.05) is 35.6 Å². The van der Waals surface area contributed by atoms with Crippen LogP contribution in [-0.4, -0.2) is 84.0 Å². The van der Waals surface area contributed by atoms with E-state index in [9.17, 15) is 66.0 Å². The number of halogens is 3. The first-order valence-corrected chi connectivity index (χ1v) is 33.5. The Kier molecular flexibility index (Phi) is 27.1. The lowest BCUT2D eigenvalue weighted by Crippen LogP contribution is -2.37. The number of amides is 1. The molecule has 0 aromatic heterocycles. The number of hydrogen-bond donors (Lipinski definition) is 5. The average Bonchev–Trinajstić information content (AvgIpc) is 0.744. The number of carbonyl (C=O) groups is 4. The van der Waals surface area contributed by atoms with Gasteiger partial charge in [0.2, 0.25) is 0 Å². The molecule has 21 nitrogen and oxygen atoms in total. The summed E-state index contributed by atoms with van der Waals surface area (Å²) in [4.78, 5) is 43.7. The van der Waals surface area contributed by atoms with Gasteiger partial charge in [-0.25, -0.2) is 53.5 Å². The number of sulfonamides is 4. The van der Waals surface area contributed by atoms with Crippen molar-refractivity contribution in [1.82, 2.24) is 5.48 Å². The molecule has 28 heteroatoms. The molecule has 0 radical (unpaired) electrons. The summed E-state index contributed by atoms with van der Waals surface area (Å²) in [5.41, 5.74) is 10.8. The normalized spacial score (nSPS) is 11.6. The average molecular weight is 1380 g/mol. The molecule has 0 bridgehead atoms. The van der Waals surface area contributed by atoms with Crippen molar-refractivity contribution in [3.63, 3.8) is 0 Å². The van der Waals surface area contributed by atoms with E-state index < -0.39 is 85.2 Å². The molecule has 0 atom stereocenters. The smallest absolute Gasteiger partial charge is 0.416 e. The molecule has 0 heterocycles. The van der Waals surface area contributed by atoms with Gasteiger partial charge in [-0.05, 0) is 157 Å². The van der Waals surface area contributed by atoms with Crippen LogP contribution in [-0.2, 0) is 79.7 Å². The molecule has 0 spiro atoms. The van der Waals surface area contributed by atoms with Gasteiger partial charge in [-0.15, -0.1) is 0 Å². The number of methoxy groups -OCH3 is 3. The Hall–Kier alpha value is -10.7. The van der Waals surface area contributed by atoms with Crippen molar-refractivity contribution >= 4 is 111 Å². The number of para-hydroxylation sites is 4. The molecule has 0 unspecified atom stereocenters. The van der Waals surface area contributed by atoms with Crippen LogP contribution in [0.25, 0.3) is 24.3 Å². The number of nitrogens with one attached hydrogen (secondary N) is 3. The van der Waals surface area contributed by atoms with Gasteiger partial charge in [0.1, 0.15) is 0 Å². The fourth-order valence-electron chi connectivity index (χ4n) is 7.97. The molecule has 498 valence electrons. The Morgan fingerprint density at radius 3 is 1.21 bits per heavy atom. The first kappa shape index (κ1) is 75.1. The molecule has 0 saturated carbocycles. The molecule has 0 saturated heterocycles. The molecule has 8 aromatic rings. The zero-order valence-corrected chi connectivity index (χ0v) is 54.7. The van der Waals surface area contributed by atoms with E-state index in [1.807, 2.05) is 44.2 Å². The molecule has 0 aliphatic carbocycles. The number of anilines is 4. The van der Waals surface area contributed by atoms with E-state index in [2.05, 4.69) is 23.7 Å². The lowest BCUT2D eigenvalue weighted by Gasteiger charge is -2.26. The number of nitrogens with zero attached hydrogens (tertiary/aromatic N) is 1. The van der Waals surface area contributed by atoms with Crippen molar-refractivity contribution in [3.8, 4) is 0 Å². The fourth-order valence-corrected chi connectivity index (χ4v) is 14.2. The zero-order valence-electron chi connectivity index (χ0n) is 51.5. The minimum atomic E-state index is -5.13. The SMILES string of the molecule is COC(=O)/C=C/c1ccccc1N.COC(=O)/C=C/c1ccccc1N(S(=O)(=O)c1cccc(C)c1)S(=O)(=O)c1cccc(C(F)(F)F)c1.COC(=O)/C=C/c1ccccc1NS(=O)(=O)c1cccc(C)c1.Cc1cccc(S(=O)(=O)Nc2ccccc2/C=C/C(=O)NO)c1. The second-order valence-corrected chi connectivity index (χ2v) is 26.8. The van der Waals surface area contributed by atoms with Crippen molar-refractivity contribution in [2.75, 3.05) is 40.2 Å². The number of benzene rings is 8. The van der Waals surface area contributed by atoms with E-state index in [0.717, 1.165) is 60.2 Å². The summed E-state index contributed by atoms with van der Waals surface area (Å²) in [6.07, 6.45) is 5.42. The first-order valence-electron chi connectivity index (χ1n) is 27.6. The van der Waals surface area contributed by atoms with Gasteiger partial charge in [0.15, 0.2) is 0 Å². The maximum absolute atomic E-state index is 13.7. The third kappa shape index (κ3) is 22.3. The van der Waals surface area contributed by atoms with E-state index in [1.165, 1.54) is 92.5 Å². The Morgan fingerprint density at radius 2 is 0.789 bits per heavy atom. The summed E-state index contributed by atoms with van der Waals surface area (Å²) >= 11 is 0. The molecular formula is C67H64F3N5O16S4. The van der Waals surface area contributed by atoms with Crippen LogP contribution in [0.15, 0.2) is 238 Å². The zero-order chi connectivity index (χ0) is 70.2. The summed E-state index contributed by atoms with van der Waals surface area (Å²) < 4.78 is 163. The molecule has 0 aliphatic rings. The summed E-state index contributed by atoms with van der Waals surface area (Å²) in [7, 11) is -13.7. The highest BCUT2D eigenvalue weighted by molar-refractivity contribution is 8.10. The summed E-state index contributed by atoms with van der Waals surface area (Å²) in [6.45, 7) is 5.23. The maximum atomic E-state index is 13.7. The van der Waals surface area contributed by atoms with Crippen LogP contribution in [0.1, 0.15) is 44.5 Å². The Labute approximate surface area is 548 Å². The van der Waals surface area contributed by atoms with Gasteiger partial charge >= 0.3 is 24.1 Å². The van der Waals surface area contributed by atoms with Crippen LogP contribution in [0, 0.1) is 20.8 Å². The van der Waals surface area contributed by atoms with E-state index in [0.29, 0.717) is 45.9 Å². The van der Waals surface area contributed by atoms with E-state index in [1.54, 1.807) is 97.9 Å². The van der Waals surface area contributed by atoms with Crippen LogP contribution >= 0.6 is 0 Å². The van der Waals surface area contributed by atoms with Crippen LogP contribution in [0.5, 0.6) is 0 Å². The number of alkyl halides is 3. The number of hydroxylamine groups is 1. The van der Waals surface area contributed by atoms with Gasteiger partial charge in [0.25, 0.3) is 46.0 Å². The predicted octanol–water partition coefficient (Wildman–Crippen LogP) is 11.5. The quantitative estimate of drug-likeness (QED) is 0.0125. The van der Waals surface area contributed by atoms with Crippen molar-refractivity contribution in [3.05, 3.63) is 263 Å². The topological polar surface area (TPSA) is 318 Å². The maximum Gasteiger partial charge on any atom is 0.416 e. The summed E-state index contributed by atoms with van der Waals surface area (Å²) in [6, 6.07) is 47.4. The number of hydrogen-bond acceptors (Lipinski definition) is 17. The minimum Gasteiger partial charge on any atom is -0.466 e. The highest BCUT2D eigenvalue weighted by Gasteiger charge is 2.40. The molecular weight excluding hydrogens is 1320 g/mol. The second-order valence-electron chi connectivity index (χ2n) is 19.6. The van der Waals surface area contributed by atoms with Crippen molar-refractivity contribution in [2.45, 2.75) is 46.5 Å². The van der Waals surface area contributed by atoms with Crippen LogP contribution < -0.4 is 24.4 Å². The molecule has 6 N–H and O–H groups in total. The monoisotopic (exact) mass is 1380 g/mol. The number of aryl methyl sites for hydroxylation is 3. The first-order chi connectivity index (χ1) is 44.9. The van der Waals surface area contributed by atoms with Crippen molar-refractivity contribution in [2.24, 2.45) is 0 Å². The largest absolute Gasteiger partial charge is 0.466 e. The molecule has 8 rings (SSSR count). The number of carbonyl (C=O) groups excluding carboxylic acids is 4. The number of nitrogens with two attached hydrogens (primary N) is 1. The molecule has 95 heavy (non-hydrogen) atoms. The lowest BCUT2D eigenvalue weighted by atomic mass is 10.1. The molecule has 0 fully saturated rings. The standard InChI is InChI=1S/C24H20F3NO6S2.C17H17NO4S.C16H16N2O4S.C10H11NO2/c1-17-7-5-10-20(15-17)35(30,31)28(22-12-4-3-8-18(22)13-14-23(29)34-2)36(32,33)21-11-6-9-19(16-21)24(25,26)27;1-13-6-5-8-15(12-13)23(20,21)18-16-9-4-3-7-14(16)10-11-17(19)22-2;1-12-5-4-7-14(11-12)23(21,22)18-15-8-3-2-6-13(15)9-10-16(19)17-20;1-13-10(12)7-6-8-4-2-3-5-9(8)11/h3-16H,1-2H3;3-12,18H,1-2H3;2-11,18,20H,1H3,(H,17,19);2-7H,11H2,1H3/b14-13+;11-10+;10-9+;7-6+. The Morgan fingerprint density at radius 1 is 0.442 bits per heavy atom. The summed E-state index contributed by atoms with van der Waals surface area (Å²) in [5.74, 6) is -2.40.